The summed E-state index contributed by atoms with van der Waals surface area (Å²) in [4.78, 5) is 31.6. The number of aliphatic carboxylic acids is 1. The molecule has 0 saturated carbocycles. The second-order valence-electron chi connectivity index (χ2n) is 5.91. The van der Waals surface area contributed by atoms with E-state index in [2.05, 4.69) is 24.9 Å². The number of fused-ring (bicyclic) bond motifs is 2. The number of aromatic nitrogens is 4. The summed E-state index contributed by atoms with van der Waals surface area (Å²) >= 11 is 6.14. The van der Waals surface area contributed by atoms with Crippen molar-refractivity contribution in [3.8, 4) is 11.3 Å². The van der Waals surface area contributed by atoms with Crippen LogP contribution in [0.15, 0.2) is 29.5 Å². The molecule has 8 heteroatoms. The van der Waals surface area contributed by atoms with Crippen LogP contribution >= 0.6 is 11.6 Å². The number of nitrogens with one attached hydrogen (secondary N) is 1. The van der Waals surface area contributed by atoms with Crippen molar-refractivity contribution in [3.63, 3.8) is 0 Å². The molecular weight excluding hydrogens is 342 g/mol. The molecule has 1 aliphatic rings. The summed E-state index contributed by atoms with van der Waals surface area (Å²) in [6, 6.07) is 3.79. The number of hydrogen-bond donors (Lipinski definition) is 2. The highest BCUT2D eigenvalue weighted by atomic mass is 35.5. The fourth-order valence-electron chi connectivity index (χ4n) is 3.09. The van der Waals surface area contributed by atoms with Gasteiger partial charge in [0.2, 0.25) is 5.28 Å². The van der Waals surface area contributed by atoms with E-state index in [1.54, 1.807) is 12.4 Å². The molecule has 0 bridgehead atoms. The van der Waals surface area contributed by atoms with Crippen molar-refractivity contribution in [2.75, 3.05) is 0 Å². The number of halogens is 1. The van der Waals surface area contributed by atoms with Gasteiger partial charge in [0.1, 0.15) is 17.0 Å². The number of aryl methyl sites for hydroxylation is 1. The van der Waals surface area contributed by atoms with Gasteiger partial charge in [-0.15, -0.1) is 0 Å². The van der Waals surface area contributed by atoms with Crippen LogP contribution in [-0.4, -0.2) is 37.2 Å². The Hall–Kier alpha value is -2.80. The van der Waals surface area contributed by atoms with Crippen LogP contribution in [0.4, 0.5) is 5.69 Å². The molecule has 0 fully saturated rings. The Morgan fingerprint density at radius 3 is 3.08 bits per heavy atom. The number of carboxylic acid groups (broad SMARTS) is 1. The molecule has 0 aromatic carbocycles. The highest BCUT2D eigenvalue weighted by molar-refractivity contribution is 6.28. The number of aliphatic imine (C=N–C) groups is 1. The van der Waals surface area contributed by atoms with Gasteiger partial charge in [-0.25, -0.2) is 15.0 Å². The lowest BCUT2D eigenvalue weighted by Gasteiger charge is -2.10. The van der Waals surface area contributed by atoms with E-state index in [0.717, 1.165) is 22.3 Å². The maximum Gasteiger partial charge on any atom is 0.303 e. The first-order chi connectivity index (χ1) is 12.1. The van der Waals surface area contributed by atoms with Gasteiger partial charge in [-0.3, -0.25) is 9.79 Å². The molecule has 4 rings (SSSR count). The van der Waals surface area contributed by atoms with Crippen molar-refractivity contribution in [1.82, 2.24) is 19.9 Å². The molecule has 1 atom stereocenters. The fourth-order valence-corrected chi connectivity index (χ4v) is 3.28. The highest BCUT2D eigenvalue weighted by Gasteiger charge is 2.22. The first kappa shape index (κ1) is 15.7. The van der Waals surface area contributed by atoms with Gasteiger partial charge in [-0.05, 0) is 36.6 Å². The van der Waals surface area contributed by atoms with Crippen LogP contribution in [0.2, 0.25) is 5.28 Å². The molecule has 0 saturated heterocycles. The summed E-state index contributed by atoms with van der Waals surface area (Å²) in [5.74, 6) is -0.974. The summed E-state index contributed by atoms with van der Waals surface area (Å²) in [5, 5.41) is 10.1. The summed E-state index contributed by atoms with van der Waals surface area (Å²) in [6.07, 6.45) is 6.51. The minimum Gasteiger partial charge on any atom is -0.481 e. The molecule has 4 heterocycles. The zero-order valence-electron chi connectivity index (χ0n) is 13.1. The van der Waals surface area contributed by atoms with E-state index in [4.69, 9.17) is 16.7 Å². The molecule has 7 nitrogen and oxygen atoms in total. The molecule has 126 valence electrons. The second kappa shape index (κ2) is 6.25. The molecule has 0 radical (unpaired) electrons. The van der Waals surface area contributed by atoms with Crippen LogP contribution in [0.3, 0.4) is 0 Å². The number of nitrogens with zero attached hydrogens (tertiary/aromatic N) is 4. The van der Waals surface area contributed by atoms with Crippen LogP contribution in [0, 0.1) is 5.92 Å². The Morgan fingerprint density at radius 2 is 2.24 bits per heavy atom. The number of hydrogen-bond acceptors (Lipinski definition) is 5. The Bertz CT molecular complexity index is 998. The Morgan fingerprint density at radius 1 is 1.36 bits per heavy atom. The molecule has 0 aliphatic carbocycles. The predicted molar refractivity (Wildman–Crippen MR) is 94.3 cm³/mol. The van der Waals surface area contributed by atoms with E-state index in [-0.39, 0.29) is 17.6 Å². The maximum absolute atomic E-state index is 11.0. The van der Waals surface area contributed by atoms with E-state index in [1.165, 1.54) is 0 Å². The topological polar surface area (TPSA) is 104 Å². The smallest absolute Gasteiger partial charge is 0.303 e. The van der Waals surface area contributed by atoms with E-state index in [0.29, 0.717) is 24.2 Å². The van der Waals surface area contributed by atoms with Crippen molar-refractivity contribution in [1.29, 1.82) is 0 Å². The average Bonchev–Trinajstić information content (AvgIpc) is 2.97. The van der Waals surface area contributed by atoms with Crippen molar-refractivity contribution >= 4 is 40.5 Å². The number of H-pyrrole nitrogens is 1. The zero-order valence-corrected chi connectivity index (χ0v) is 13.9. The minimum atomic E-state index is -0.838. The third kappa shape index (κ3) is 2.98. The summed E-state index contributed by atoms with van der Waals surface area (Å²) < 4.78 is 0. The Balaban J connectivity index is 1.86. The summed E-state index contributed by atoms with van der Waals surface area (Å²) in [7, 11) is 0. The van der Waals surface area contributed by atoms with Gasteiger partial charge >= 0.3 is 5.97 Å². The van der Waals surface area contributed by atoms with E-state index >= 15 is 0 Å². The number of pyridine rings is 1. The summed E-state index contributed by atoms with van der Waals surface area (Å²) in [5.41, 5.74) is 3.63. The van der Waals surface area contributed by atoms with Gasteiger partial charge in [-0.1, -0.05) is 0 Å². The summed E-state index contributed by atoms with van der Waals surface area (Å²) in [6.45, 7) is 0. The molecule has 3 aromatic rings. The molecule has 0 spiro atoms. The quantitative estimate of drug-likeness (QED) is 0.700. The maximum atomic E-state index is 11.0. The second-order valence-corrected chi connectivity index (χ2v) is 6.25. The number of rotatable bonds is 3. The molecule has 3 aromatic heterocycles. The lowest BCUT2D eigenvalue weighted by atomic mass is 10.00. The number of carboxylic acids is 1. The Kier molecular flexibility index (Phi) is 3.93. The lowest BCUT2D eigenvalue weighted by Crippen LogP contribution is -2.09. The molecule has 25 heavy (non-hydrogen) atoms. The lowest BCUT2D eigenvalue weighted by molar-refractivity contribution is -0.137. The van der Waals surface area contributed by atoms with E-state index < -0.39 is 5.97 Å². The average molecular weight is 356 g/mol. The van der Waals surface area contributed by atoms with Crippen LogP contribution in [0.25, 0.3) is 22.3 Å². The molecular formula is C17H14ClN5O2. The van der Waals surface area contributed by atoms with Crippen LogP contribution in [-0.2, 0) is 11.2 Å². The van der Waals surface area contributed by atoms with Crippen molar-refractivity contribution < 1.29 is 9.90 Å². The van der Waals surface area contributed by atoms with E-state index in [1.807, 2.05) is 18.3 Å². The first-order valence-electron chi connectivity index (χ1n) is 7.86. The minimum absolute atomic E-state index is 0.0469. The standard InChI is InChI=1S/C17H14ClN5O2/c18-17-22-12-2-1-9(7-13(24)25)8-21-15(12)14(23-17)10-3-5-19-16-11(10)4-6-20-16/h3-6,8-9H,1-2,7H2,(H,19,20)(H,24,25). The van der Waals surface area contributed by atoms with Crippen LogP contribution in [0.1, 0.15) is 18.5 Å². The SMILES string of the molecule is O=C(O)CC1C=Nc2c(nc(Cl)nc2-c2ccnc3[nH]ccc23)CC1. The van der Waals surface area contributed by atoms with Gasteiger partial charge in [0.15, 0.2) is 0 Å². The van der Waals surface area contributed by atoms with Gasteiger partial charge in [0.05, 0.1) is 12.1 Å². The van der Waals surface area contributed by atoms with Gasteiger partial charge in [0.25, 0.3) is 0 Å². The Labute approximate surface area is 147 Å². The monoisotopic (exact) mass is 355 g/mol. The van der Waals surface area contributed by atoms with Crippen molar-refractivity contribution in [3.05, 3.63) is 35.5 Å². The van der Waals surface area contributed by atoms with Crippen molar-refractivity contribution in [2.45, 2.75) is 19.3 Å². The third-order valence-electron chi connectivity index (χ3n) is 4.25. The number of aromatic amines is 1. The first-order valence-corrected chi connectivity index (χ1v) is 8.24. The van der Waals surface area contributed by atoms with Crippen LogP contribution in [0.5, 0.6) is 0 Å². The zero-order chi connectivity index (χ0) is 17.4. The molecule has 1 unspecified atom stereocenters. The van der Waals surface area contributed by atoms with Gasteiger partial charge in [0, 0.05) is 35.5 Å². The van der Waals surface area contributed by atoms with E-state index in [9.17, 15) is 4.79 Å². The largest absolute Gasteiger partial charge is 0.481 e. The normalized spacial score (nSPS) is 16.6. The highest BCUT2D eigenvalue weighted by Crippen LogP contribution is 2.37. The number of carbonyl (C=O) groups is 1. The predicted octanol–water partition coefficient (Wildman–Crippen LogP) is 3.41. The van der Waals surface area contributed by atoms with Gasteiger partial charge < -0.3 is 10.1 Å². The van der Waals surface area contributed by atoms with Gasteiger partial charge in [-0.2, -0.15) is 0 Å². The molecule has 1 aliphatic heterocycles. The van der Waals surface area contributed by atoms with Crippen molar-refractivity contribution in [2.24, 2.45) is 10.9 Å². The molecule has 0 amide bonds. The third-order valence-corrected chi connectivity index (χ3v) is 4.42. The van der Waals surface area contributed by atoms with Crippen LogP contribution < -0.4 is 0 Å². The molecule has 2 N–H and O–H groups in total. The fraction of sp³-hybridized carbons (Fsp3) is 0.235.